The van der Waals surface area contributed by atoms with Gasteiger partial charge < -0.3 is 9.84 Å². The smallest absolute Gasteiger partial charge is 0.154 e. The minimum atomic E-state index is -0.583. The summed E-state index contributed by atoms with van der Waals surface area (Å²) in [4.78, 5) is 0. The van der Waals surface area contributed by atoms with E-state index in [0.29, 0.717) is 6.61 Å². The number of unbranched alkanes of at least 4 members (excludes halogenated alkanes) is 3. The summed E-state index contributed by atoms with van der Waals surface area (Å²) in [6.45, 7) is 4.77. The molecule has 2 heteroatoms. The number of hydrogen-bond acceptors (Lipinski definition) is 2. The van der Waals surface area contributed by atoms with Gasteiger partial charge in [0.05, 0.1) is 6.61 Å². The van der Waals surface area contributed by atoms with E-state index in [1.54, 1.807) is 0 Å². The molecular weight excluding hydrogens is 176 g/mol. The lowest BCUT2D eigenvalue weighted by Gasteiger charge is -2.07. The number of rotatable bonds is 9. The highest BCUT2D eigenvalue weighted by atomic mass is 16.6. The summed E-state index contributed by atoms with van der Waals surface area (Å²) >= 11 is 0. The molecule has 14 heavy (non-hydrogen) atoms. The van der Waals surface area contributed by atoms with E-state index in [1.807, 2.05) is 13.0 Å². The van der Waals surface area contributed by atoms with Crippen LogP contribution in [0.2, 0.25) is 0 Å². The summed E-state index contributed by atoms with van der Waals surface area (Å²) in [5.41, 5.74) is 0. The molecule has 0 amide bonds. The molecular formula is C12H24O2. The van der Waals surface area contributed by atoms with Crippen LogP contribution >= 0.6 is 0 Å². The van der Waals surface area contributed by atoms with Crippen LogP contribution in [0.3, 0.4) is 0 Å². The Hall–Kier alpha value is -0.340. The molecule has 2 nitrogen and oxygen atoms in total. The van der Waals surface area contributed by atoms with E-state index in [1.165, 1.54) is 19.3 Å². The summed E-state index contributed by atoms with van der Waals surface area (Å²) in [6, 6.07) is 0. The van der Waals surface area contributed by atoms with E-state index < -0.39 is 6.29 Å². The van der Waals surface area contributed by atoms with Gasteiger partial charge in [0.2, 0.25) is 0 Å². The molecule has 0 heterocycles. The van der Waals surface area contributed by atoms with Crippen LogP contribution in [-0.2, 0) is 4.74 Å². The first-order chi connectivity index (χ1) is 6.81. The molecule has 0 aliphatic carbocycles. The predicted molar refractivity (Wildman–Crippen MR) is 60.1 cm³/mol. The van der Waals surface area contributed by atoms with Gasteiger partial charge in [0.15, 0.2) is 6.29 Å². The van der Waals surface area contributed by atoms with Gasteiger partial charge in [-0.3, -0.25) is 0 Å². The van der Waals surface area contributed by atoms with Crippen molar-refractivity contribution < 1.29 is 9.84 Å². The summed E-state index contributed by atoms with van der Waals surface area (Å²) in [7, 11) is 0. The second-order valence-corrected chi connectivity index (χ2v) is 3.54. The standard InChI is InChI=1S/C12H24O2/c1-3-5-6-7-8-9-11-14-12(13)10-4-2/h8-9,12-13H,3-7,10-11H2,1-2H3/b9-8+. The Morgan fingerprint density at radius 2 is 1.93 bits per heavy atom. The van der Waals surface area contributed by atoms with Crippen LogP contribution in [0.1, 0.15) is 52.4 Å². The molecule has 0 spiro atoms. The summed E-state index contributed by atoms with van der Waals surface area (Å²) in [5.74, 6) is 0. The van der Waals surface area contributed by atoms with Crippen LogP contribution < -0.4 is 0 Å². The van der Waals surface area contributed by atoms with Crippen LogP contribution in [0.25, 0.3) is 0 Å². The Morgan fingerprint density at radius 1 is 1.14 bits per heavy atom. The summed E-state index contributed by atoms with van der Waals surface area (Å²) in [5, 5.41) is 9.23. The van der Waals surface area contributed by atoms with Crippen LogP contribution in [-0.4, -0.2) is 18.0 Å². The lowest BCUT2D eigenvalue weighted by molar-refractivity contribution is -0.0929. The molecule has 0 aliphatic rings. The van der Waals surface area contributed by atoms with Gasteiger partial charge in [-0.15, -0.1) is 0 Å². The average molecular weight is 200 g/mol. The lowest BCUT2D eigenvalue weighted by atomic mass is 10.2. The quantitative estimate of drug-likeness (QED) is 0.352. The molecule has 0 saturated carbocycles. The zero-order chi connectivity index (χ0) is 10.6. The Kier molecular flexibility index (Phi) is 10.5. The average Bonchev–Trinajstić information content (AvgIpc) is 2.17. The zero-order valence-electron chi connectivity index (χ0n) is 9.54. The van der Waals surface area contributed by atoms with Crippen molar-refractivity contribution in [2.45, 2.75) is 58.7 Å². The van der Waals surface area contributed by atoms with Crippen LogP contribution in [0.4, 0.5) is 0 Å². The SMILES string of the molecule is CCCCC/C=C/COC(O)CCC. The molecule has 0 saturated heterocycles. The second-order valence-electron chi connectivity index (χ2n) is 3.54. The van der Waals surface area contributed by atoms with E-state index in [0.717, 1.165) is 19.3 Å². The molecule has 0 rings (SSSR count). The fourth-order valence-corrected chi connectivity index (χ4v) is 1.19. The second kappa shape index (κ2) is 10.7. The van der Waals surface area contributed by atoms with Crippen molar-refractivity contribution in [3.63, 3.8) is 0 Å². The fraction of sp³-hybridized carbons (Fsp3) is 0.833. The highest BCUT2D eigenvalue weighted by molar-refractivity contribution is 4.81. The number of ether oxygens (including phenoxy) is 1. The molecule has 0 aliphatic heterocycles. The summed E-state index contributed by atoms with van der Waals surface area (Å²) in [6.07, 6.45) is 10.2. The number of aliphatic hydroxyl groups is 1. The molecule has 0 aromatic heterocycles. The normalized spacial score (nSPS) is 13.6. The van der Waals surface area contributed by atoms with Gasteiger partial charge in [-0.2, -0.15) is 0 Å². The highest BCUT2D eigenvalue weighted by Gasteiger charge is 1.98. The van der Waals surface area contributed by atoms with E-state index >= 15 is 0 Å². The Morgan fingerprint density at radius 3 is 2.57 bits per heavy atom. The molecule has 84 valence electrons. The Bertz CT molecular complexity index is 132. The first-order valence-electron chi connectivity index (χ1n) is 5.75. The minimum absolute atomic E-state index is 0.535. The Balaban J connectivity index is 3.17. The summed E-state index contributed by atoms with van der Waals surface area (Å²) < 4.78 is 5.16. The lowest BCUT2D eigenvalue weighted by Crippen LogP contribution is -2.10. The molecule has 0 aromatic rings. The number of allylic oxidation sites excluding steroid dienone is 1. The molecule has 1 atom stereocenters. The first kappa shape index (κ1) is 13.7. The van der Waals surface area contributed by atoms with Gasteiger partial charge in [-0.1, -0.05) is 45.3 Å². The van der Waals surface area contributed by atoms with E-state index in [9.17, 15) is 5.11 Å². The largest absolute Gasteiger partial charge is 0.368 e. The van der Waals surface area contributed by atoms with Crippen molar-refractivity contribution in [2.75, 3.05) is 6.61 Å². The monoisotopic (exact) mass is 200 g/mol. The van der Waals surface area contributed by atoms with Gasteiger partial charge in [0, 0.05) is 0 Å². The van der Waals surface area contributed by atoms with E-state index in [2.05, 4.69) is 13.0 Å². The van der Waals surface area contributed by atoms with Crippen molar-refractivity contribution in [1.82, 2.24) is 0 Å². The molecule has 0 bridgehead atoms. The fourth-order valence-electron chi connectivity index (χ4n) is 1.19. The number of aliphatic hydroxyl groups excluding tert-OH is 1. The maximum Gasteiger partial charge on any atom is 0.154 e. The first-order valence-corrected chi connectivity index (χ1v) is 5.75. The molecule has 1 unspecified atom stereocenters. The molecule has 0 aromatic carbocycles. The zero-order valence-corrected chi connectivity index (χ0v) is 9.54. The van der Waals surface area contributed by atoms with Crippen molar-refractivity contribution in [2.24, 2.45) is 0 Å². The Labute approximate surface area is 88.0 Å². The van der Waals surface area contributed by atoms with Crippen molar-refractivity contribution in [1.29, 1.82) is 0 Å². The van der Waals surface area contributed by atoms with Gasteiger partial charge >= 0.3 is 0 Å². The van der Waals surface area contributed by atoms with Crippen LogP contribution in [0.5, 0.6) is 0 Å². The van der Waals surface area contributed by atoms with Crippen molar-refractivity contribution in [3.8, 4) is 0 Å². The van der Waals surface area contributed by atoms with E-state index in [4.69, 9.17) is 4.74 Å². The maximum atomic E-state index is 9.23. The number of hydrogen-bond donors (Lipinski definition) is 1. The third-order valence-electron chi connectivity index (χ3n) is 2.06. The van der Waals surface area contributed by atoms with Gasteiger partial charge in [-0.25, -0.2) is 0 Å². The van der Waals surface area contributed by atoms with Crippen molar-refractivity contribution >= 4 is 0 Å². The third-order valence-corrected chi connectivity index (χ3v) is 2.06. The highest BCUT2D eigenvalue weighted by Crippen LogP contribution is 2.01. The molecule has 1 N–H and O–H groups in total. The van der Waals surface area contributed by atoms with Crippen molar-refractivity contribution in [3.05, 3.63) is 12.2 Å². The predicted octanol–water partition coefficient (Wildman–Crippen LogP) is 3.26. The third kappa shape index (κ3) is 9.75. The molecule has 0 fully saturated rings. The van der Waals surface area contributed by atoms with Gasteiger partial charge in [-0.05, 0) is 19.3 Å². The van der Waals surface area contributed by atoms with E-state index in [-0.39, 0.29) is 0 Å². The minimum Gasteiger partial charge on any atom is -0.368 e. The maximum absolute atomic E-state index is 9.23. The van der Waals surface area contributed by atoms with Gasteiger partial charge in [0.1, 0.15) is 0 Å². The van der Waals surface area contributed by atoms with Crippen LogP contribution in [0.15, 0.2) is 12.2 Å². The topological polar surface area (TPSA) is 29.5 Å². The molecule has 0 radical (unpaired) electrons. The van der Waals surface area contributed by atoms with Crippen LogP contribution in [0, 0.1) is 0 Å². The van der Waals surface area contributed by atoms with Gasteiger partial charge in [0.25, 0.3) is 0 Å².